The Hall–Kier alpha value is -4.55. The monoisotopic (exact) mass is 625 g/mol. The van der Waals surface area contributed by atoms with Crippen molar-refractivity contribution in [1.82, 2.24) is 14.8 Å². The Balaban J connectivity index is 1.23. The third-order valence-electron chi connectivity index (χ3n) is 9.40. The number of nitro groups is 1. The number of allylic oxidation sites excluding steroid dienone is 1. The molecule has 3 aromatic rings. The van der Waals surface area contributed by atoms with E-state index in [0.717, 1.165) is 86.8 Å². The van der Waals surface area contributed by atoms with Gasteiger partial charge in [-0.3, -0.25) is 19.6 Å². The van der Waals surface area contributed by atoms with Crippen LogP contribution in [0.2, 0.25) is 0 Å². The topological polar surface area (TPSA) is 119 Å². The van der Waals surface area contributed by atoms with Crippen LogP contribution in [0.5, 0.6) is 0 Å². The summed E-state index contributed by atoms with van der Waals surface area (Å²) in [6, 6.07) is 16.4. The average molecular weight is 626 g/mol. The number of benzene rings is 2. The number of nitrogens with zero attached hydrogens (tertiary/aromatic N) is 7. The van der Waals surface area contributed by atoms with Gasteiger partial charge in [-0.1, -0.05) is 24.3 Å². The molecular formula is C34H39N7O5. The van der Waals surface area contributed by atoms with Crippen LogP contribution in [0.1, 0.15) is 53.8 Å². The van der Waals surface area contributed by atoms with Gasteiger partial charge in [0, 0.05) is 50.0 Å². The molecule has 7 rings (SSSR count). The molecule has 4 heterocycles. The minimum Gasteiger partial charge on any atom is -0.378 e. The van der Waals surface area contributed by atoms with E-state index in [-0.39, 0.29) is 17.3 Å². The van der Waals surface area contributed by atoms with Crippen molar-refractivity contribution in [3.05, 3.63) is 87.2 Å². The van der Waals surface area contributed by atoms with Gasteiger partial charge in [0.25, 0.3) is 0 Å². The first kappa shape index (κ1) is 30.1. The summed E-state index contributed by atoms with van der Waals surface area (Å²) in [5, 5.41) is 22.7. The van der Waals surface area contributed by atoms with E-state index in [4.69, 9.17) is 14.6 Å². The van der Waals surface area contributed by atoms with Crippen molar-refractivity contribution in [2.75, 3.05) is 62.4 Å². The molecule has 0 unspecified atom stereocenters. The smallest absolute Gasteiger partial charge is 0.320 e. The molecule has 3 aliphatic heterocycles. The molecular weight excluding hydrogens is 586 g/mol. The summed E-state index contributed by atoms with van der Waals surface area (Å²) in [7, 11) is 0. The Morgan fingerprint density at radius 1 is 0.957 bits per heavy atom. The molecule has 0 bridgehead atoms. The summed E-state index contributed by atoms with van der Waals surface area (Å²) in [4.78, 5) is 30.2. The predicted octanol–water partition coefficient (Wildman–Crippen LogP) is 4.92. The Morgan fingerprint density at radius 3 is 2.15 bits per heavy atom. The quantitative estimate of drug-likeness (QED) is 0.268. The number of fused-ring (bicyclic) bond motifs is 1. The summed E-state index contributed by atoms with van der Waals surface area (Å²) >= 11 is 0. The number of aromatic nitrogens is 2. The molecule has 1 aliphatic carbocycles. The molecule has 12 heteroatoms. The number of carbonyl (C=O) groups excluding carboxylic acids is 1. The van der Waals surface area contributed by atoms with Gasteiger partial charge in [-0.15, -0.1) is 0 Å². The average Bonchev–Trinajstić information content (AvgIpc) is 3.73. The number of rotatable bonds is 7. The van der Waals surface area contributed by atoms with Crippen molar-refractivity contribution in [3.8, 4) is 0 Å². The second-order valence-corrected chi connectivity index (χ2v) is 12.1. The molecule has 3 fully saturated rings. The summed E-state index contributed by atoms with van der Waals surface area (Å²) in [5.74, 6) is -0.601. The lowest BCUT2D eigenvalue weighted by atomic mass is 9.77. The summed E-state index contributed by atoms with van der Waals surface area (Å²) < 4.78 is 12.5. The number of hydrazone groups is 1. The van der Waals surface area contributed by atoms with E-state index >= 15 is 0 Å². The van der Waals surface area contributed by atoms with Gasteiger partial charge in [0.15, 0.2) is 0 Å². The first-order valence-corrected chi connectivity index (χ1v) is 16.2. The molecule has 240 valence electrons. The summed E-state index contributed by atoms with van der Waals surface area (Å²) in [6.45, 7) is 8.53. The highest BCUT2D eigenvalue weighted by Crippen LogP contribution is 2.45. The first-order valence-electron chi connectivity index (χ1n) is 16.2. The number of anilines is 2. The predicted molar refractivity (Wildman–Crippen MR) is 175 cm³/mol. The van der Waals surface area contributed by atoms with Crippen molar-refractivity contribution in [1.29, 1.82) is 0 Å². The van der Waals surface area contributed by atoms with Gasteiger partial charge in [-0.05, 0) is 73.2 Å². The lowest BCUT2D eigenvalue weighted by Crippen LogP contribution is -2.36. The van der Waals surface area contributed by atoms with E-state index in [1.807, 2.05) is 6.92 Å². The van der Waals surface area contributed by atoms with Crippen molar-refractivity contribution < 1.29 is 19.2 Å². The van der Waals surface area contributed by atoms with Gasteiger partial charge in [-0.25, -0.2) is 5.01 Å². The highest BCUT2D eigenvalue weighted by Gasteiger charge is 2.46. The van der Waals surface area contributed by atoms with E-state index < -0.39 is 16.9 Å². The van der Waals surface area contributed by atoms with Crippen LogP contribution in [0.4, 0.5) is 17.1 Å². The van der Waals surface area contributed by atoms with Gasteiger partial charge < -0.3 is 19.3 Å². The highest BCUT2D eigenvalue weighted by atomic mass is 16.6. The molecule has 0 N–H and O–H groups in total. The van der Waals surface area contributed by atoms with E-state index in [9.17, 15) is 14.9 Å². The Bertz CT molecular complexity index is 1640. The maximum absolute atomic E-state index is 14.2. The van der Waals surface area contributed by atoms with Crippen LogP contribution < -0.4 is 9.80 Å². The summed E-state index contributed by atoms with van der Waals surface area (Å²) in [6.07, 6.45) is 6.15. The fraction of sp³-hybridized carbons (Fsp3) is 0.441. The second kappa shape index (κ2) is 13.1. The molecule has 2 aromatic carbocycles. The molecule has 1 aromatic heterocycles. The standard InChI is InChI=1S/C34H39N7O5/c1-2-39-23-30(41(43)44)32(35-39)34(42)40-33(25-8-12-28(13-9-25)38-16-20-46-21-17-38)29-5-3-4-26(31(29)36-40)22-24-6-10-27(11-7-24)37-14-18-45-19-15-37/h6-13,22-23,29,33H,2-5,14-21H2,1H3/b26-22+/t29-,33+/m0/s1. The number of ether oxygens (including phenoxy) is 2. The van der Waals surface area contributed by atoms with Crippen molar-refractivity contribution >= 4 is 34.8 Å². The molecule has 4 aliphatic rings. The van der Waals surface area contributed by atoms with Gasteiger partial charge in [0.1, 0.15) is 6.20 Å². The first-order chi connectivity index (χ1) is 22.5. The molecule has 12 nitrogen and oxygen atoms in total. The maximum atomic E-state index is 14.2. The SMILES string of the molecule is CCn1cc([N+](=O)[O-])c(C(=O)N2N=C3/C(=C/c4ccc(N5CCOCC5)cc4)CCC[C@@H]3[C@H]2c2ccc(N3CCOCC3)cc2)n1. The third kappa shape index (κ3) is 5.90. The van der Waals surface area contributed by atoms with E-state index in [1.54, 1.807) is 0 Å². The normalized spacial score (nSPS) is 22.6. The number of carbonyl (C=O) groups is 1. The number of aryl methyl sites for hydroxylation is 1. The van der Waals surface area contributed by atoms with Crippen LogP contribution in [0, 0.1) is 16.0 Å². The molecule has 2 saturated heterocycles. The number of amides is 1. The zero-order valence-electron chi connectivity index (χ0n) is 26.1. The molecule has 0 spiro atoms. The Morgan fingerprint density at radius 2 is 1.57 bits per heavy atom. The summed E-state index contributed by atoms with van der Waals surface area (Å²) in [5.41, 5.74) is 5.77. The van der Waals surface area contributed by atoms with Crippen molar-refractivity contribution in [2.45, 2.75) is 38.8 Å². The van der Waals surface area contributed by atoms with Crippen LogP contribution in [-0.4, -0.2) is 83.9 Å². The minimum atomic E-state index is -0.558. The van der Waals surface area contributed by atoms with Crippen LogP contribution in [-0.2, 0) is 16.0 Å². The number of hydrogen-bond acceptors (Lipinski definition) is 9. The van der Waals surface area contributed by atoms with Gasteiger partial charge in [-0.2, -0.15) is 10.2 Å². The van der Waals surface area contributed by atoms with Crippen LogP contribution in [0.3, 0.4) is 0 Å². The fourth-order valence-electron chi connectivity index (χ4n) is 6.98. The second-order valence-electron chi connectivity index (χ2n) is 12.1. The number of hydrogen-bond donors (Lipinski definition) is 0. The lowest BCUT2D eigenvalue weighted by molar-refractivity contribution is -0.385. The van der Waals surface area contributed by atoms with Crippen molar-refractivity contribution in [2.24, 2.45) is 11.0 Å². The van der Waals surface area contributed by atoms with Crippen LogP contribution >= 0.6 is 0 Å². The van der Waals surface area contributed by atoms with Crippen LogP contribution in [0.15, 0.2) is 65.4 Å². The molecule has 2 atom stereocenters. The van der Waals surface area contributed by atoms with E-state index in [2.05, 4.69) is 69.5 Å². The fourth-order valence-corrected chi connectivity index (χ4v) is 6.98. The van der Waals surface area contributed by atoms with Crippen LogP contribution in [0.25, 0.3) is 6.08 Å². The minimum absolute atomic E-state index is 0.0434. The maximum Gasteiger partial charge on any atom is 0.320 e. The molecule has 1 saturated carbocycles. The van der Waals surface area contributed by atoms with Gasteiger partial charge in [0.2, 0.25) is 5.69 Å². The van der Waals surface area contributed by atoms with E-state index in [1.165, 1.54) is 21.6 Å². The largest absolute Gasteiger partial charge is 0.378 e. The zero-order chi connectivity index (χ0) is 31.6. The highest BCUT2D eigenvalue weighted by molar-refractivity contribution is 6.09. The van der Waals surface area contributed by atoms with Gasteiger partial charge >= 0.3 is 11.6 Å². The Kier molecular flexibility index (Phi) is 8.55. The molecule has 46 heavy (non-hydrogen) atoms. The Labute approximate surface area is 268 Å². The molecule has 0 radical (unpaired) electrons. The lowest BCUT2D eigenvalue weighted by Gasteiger charge is -2.31. The molecule has 1 amide bonds. The van der Waals surface area contributed by atoms with Crippen molar-refractivity contribution in [3.63, 3.8) is 0 Å². The zero-order valence-corrected chi connectivity index (χ0v) is 26.1. The third-order valence-corrected chi connectivity index (χ3v) is 9.40. The van der Waals surface area contributed by atoms with E-state index in [0.29, 0.717) is 19.8 Å². The number of morpholine rings is 2. The van der Waals surface area contributed by atoms with Gasteiger partial charge in [0.05, 0.1) is 43.1 Å².